The SMILES string of the molecule is CCCN(C)c1cc(NC(N)=S)c(C)cc1C. The average Bonchev–Trinajstić information content (AvgIpc) is 2.21. The highest BCUT2D eigenvalue weighted by Gasteiger charge is 2.08. The van der Waals surface area contributed by atoms with Crippen LogP contribution < -0.4 is 16.0 Å². The zero-order valence-electron chi connectivity index (χ0n) is 11.0. The Morgan fingerprint density at radius 2 is 2.00 bits per heavy atom. The fourth-order valence-electron chi connectivity index (χ4n) is 1.98. The molecule has 0 amide bonds. The fourth-order valence-corrected chi connectivity index (χ4v) is 2.09. The van der Waals surface area contributed by atoms with E-state index in [0.29, 0.717) is 5.11 Å². The summed E-state index contributed by atoms with van der Waals surface area (Å²) in [7, 11) is 2.10. The Morgan fingerprint density at radius 1 is 1.35 bits per heavy atom. The van der Waals surface area contributed by atoms with Crippen molar-refractivity contribution < 1.29 is 0 Å². The van der Waals surface area contributed by atoms with Gasteiger partial charge in [-0.3, -0.25) is 0 Å². The molecule has 0 radical (unpaired) electrons. The van der Waals surface area contributed by atoms with Crippen molar-refractivity contribution in [3.8, 4) is 0 Å². The molecule has 3 nitrogen and oxygen atoms in total. The molecule has 0 unspecified atom stereocenters. The standard InChI is InChI=1S/C13H21N3S/c1-5-6-16(4)12-8-11(15-13(14)17)9(2)7-10(12)3/h7-8H,5-6H2,1-4H3,(H3,14,15,17). The molecule has 0 aromatic heterocycles. The molecule has 17 heavy (non-hydrogen) atoms. The lowest BCUT2D eigenvalue weighted by Crippen LogP contribution is -2.22. The topological polar surface area (TPSA) is 41.3 Å². The molecule has 3 N–H and O–H groups in total. The molecule has 0 aliphatic carbocycles. The lowest BCUT2D eigenvalue weighted by atomic mass is 10.1. The summed E-state index contributed by atoms with van der Waals surface area (Å²) in [6.45, 7) is 7.39. The van der Waals surface area contributed by atoms with Crippen LogP contribution in [0.5, 0.6) is 0 Å². The molecule has 0 aliphatic rings. The Labute approximate surface area is 109 Å². The maximum absolute atomic E-state index is 5.52. The molecule has 0 atom stereocenters. The van der Waals surface area contributed by atoms with E-state index < -0.39 is 0 Å². The van der Waals surface area contributed by atoms with E-state index in [1.165, 1.54) is 11.3 Å². The van der Waals surface area contributed by atoms with Gasteiger partial charge in [-0.15, -0.1) is 0 Å². The predicted molar refractivity (Wildman–Crippen MR) is 79.9 cm³/mol. The number of nitrogens with zero attached hydrogens (tertiary/aromatic N) is 1. The number of aryl methyl sites for hydroxylation is 2. The molecule has 4 heteroatoms. The Kier molecular flexibility index (Phi) is 4.75. The first-order chi connectivity index (χ1) is 7.95. The highest BCUT2D eigenvalue weighted by atomic mass is 32.1. The van der Waals surface area contributed by atoms with Gasteiger partial charge in [0.15, 0.2) is 5.11 Å². The lowest BCUT2D eigenvalue weighted by molar-refractivity contribution is 0.849. The molecule has 0 fully saturated rings. The van der Waals surface area contributed by atoms with E-state index in [-0.39, 0.29) is 0 Å². The first kappa shape index (κ1) is 13.8. The van der Waals surface area contributed by atoms with Gasteiger partial charge in [0, 0.05) is 25.0 Å². The van der Waals surface area contributed by atoms with E-state index in [1.807, 2.05) is 0 Å². The van der Waals surface area contributed by atoms with Gasteiger partial charge >= 0.3 is 0 Å². The minimum atomic E-state index is 0.307. The number of nitrogens with one attached hydrogen (secondary N) is 1. The Bertz CT molecular complexity index is 415. The van der Waals surface area contributed by atoms with Gasteiger partial charge in [0.05, 0.1) is 0 Å². The summed E-state index contributed by atoms with van der Waals surface area (Å²) >= 11 is 4.88. The quantitative estimate of drug-likeness (QED) is 0.807. The molecule has 0 bridgehead atoms. The predicted octanol–water partition coefficient (Wildman–Crippen LogP) is 2.81. The van der Waals surface area contributed by atoms with E-state index in [9.17, 15) is 0 Å². The lowest BCUT2D eigenvalue weighted by Gasteiger charge is -2.23. The Balaban J connectivity index is 3.09. The van der Waals surface area contributed by atoms with Crippen molar-refractivity contribution in [1.29, 1.82) is 0 Å². The number of rotatable bonds is 4. The maximum Gasteiger partial charge on any atom is 0.168 e. The summed E-state index contributed by atoms with van der Waals surface area (Å²) in [5.74, 6) is 0. The van der Waals surface area contributed by atoms with Gasteiger partial charge in [0.25, 0.3) is 0 Å². The molecule has 0 saturated heterocycles. The normalized spacial score (nSPS) is 10.1. The summed E-state index contributed by atoms with van der Waals surface area (Å²) in [6, 6.07) is 4.27. The van der Waals surface area contributed by atoms with E-state index >= 15 is 0 Å². The van der Waals surface area contributed by atoms with Crippen LogP contribution in [0.1, 0.15) is 24.5 Å². The minimum absolute atomic E-state index is 0.307. The van der Waals surface area contributed by atoms with Crippen molar-refractivity contribution in [1.82, 2.24) is 0 Å². The number of anilines is 2. The smallest absolute Gasteiger partial charge is 0.168 e. The summed E-state index contributed by atoms with van der Waals surface area (Å²) < 4.78 is 0. The van der Waals surface area contributed by atoms with Crippen LogP contribution in [-0.4, -0.2) is 18.7 Å². The van der Waals surface area contributed by atoms with Gasteiger partial charge in [-0.05, 0) is 49.7 Å². The highest BCUT2D eigenvalue weighted by molar-refractivity contribution is 7.80. The van der Waals surface area contributed by atoms with Crippen molar-refractivity contribution in [2.45, 2.75) is 27.2 Å². The van der Waals surface area contributed by atoms with Crippen molar-refractivity contribution >= 4 is 28.7 Å². The van der Waals surface area contributed by atoms with Crippen LogP contribution in [0.25, 0.3) is 0 Å². The summed E-state index contributed by atoms with van der Waals surface area (Å²) in [6.07, 6.45) is 1.13. The van der Waals surface area contributed by atoms with E-state index in [1.54, 1.807) is 0 Å². The number of hydrogen-bond donors (Lipinski definition) is 2. The highest BCUT2D eigenvalue weighted by Crippen LogP contribution is 2.27. The van der Waals surface area contributed by atoms with Gasteiger partial charge in [0.1, 0.15) is 0 Å². The molecule has 1 rings (SSSR count). The molecule has 1 aromatic carbocycles. The first-order valence-corrected chi connectivity index (χ1v) is 6.25. The number of hydrogen-bond acceptors (Lipinski definition) is 2. The fraction of sp³-hybridized carbons (Fsp3) is 0.462. The summed E-state index contributed by atoms with van der Waals surface area (Å²) in [5.41, 5.74) is 10.2. The molecule has 0 heterocycles. The van der Waals surface area contributed by atoms with Gasteiger partial charge in [-0.25, -0.2) is 0 Å². The summed E-state index contributed by atoms with van der Waals surface area (Å²) in [5, 5.41) is 3.33. The second kappa shape index (κ2) is 5.87. The monoisotopic (exact) mass is 251 g/mol. The molecule has 94 valence electrons. The molecular weight excluding hydrogens is 230 g/mol. The second-order valence-electron chi connectivity index (χ2n) is 4.36. The molecule has 0 aliphatic heterocycles. The number of benzene rings is 1. The maximum atomic E-state index is 5.52. The van der Waals surface area contributed by atoms with Crippen LogP contribution in [0, 0.1) is 13.8 Å². The van der Waals surface area contributed by atoms with Crippen molar-refractivity contribution in [2.24, 2.45) is 5.73 Å². The zero-order valence-corrected chi connectivity index (χ0v) is 11.8. The van der Waals surface area contributed by atoms with Crippen LogP contribution in [0.3, 0.4) is 0 Å². The third-order valence-corrected chi connectivity index (χ3v) is 2.87. The third kappa shape index (κ3) is 3.60. The Hall–Kier alpha value is -1.29. The van der Waals surface area contributed by atoms with Crippen LogP contribution in [-0.2, 0) is 0 Å². The minimum Gasteiger partial charge on any atom is -0.376 e. The van der Waals surface area contributed by atoms with Gasteiger partial charge in [-0.2, -0.15) is 0 Å². The largest absolute Gasteiger partial charge is 0.376 e. The molecule has 0 saturated carbocycles. The van der Waals surface area contributed by atoms with Crippen LogP contribution >= 0.6 is 12.2 Å². The molecule has 0 spiro atoms. The number of nitrogens with two attached hydrogens (primary N) is 1. The zero-order chi connectivity index (χ0) is 13.0. The molecule has 1 aromatic rings. The van der Waals surface area contributed by atoms with E-state index in [4.69, 9.17) is 18.0 Å². The number of thiocarbonyl (C=S) groups is 1. The molecular formula is C13H21N3S. The van der Waals surface area contributed by atoms with Gasteiger partial charge in [-0.1, -0.05) is 13.0 Å². The van der Waals surface area contributed by atoms with Crippen molar-refractivity contribution in [3.05, 3.63) is 23.3 Å². The third-order valence-electron chi connectivity index (χ3n) is 2.77. The van der Waals surface area contributed by atoms with Crippen LogP contribution in [0.2, 0.25) is 0 Å². The van der Waals surface area contributed by atoms with Gasteiger partial charge in [0.2, 0.25) is 0 Å². The van der Waals surface area contributed by atoms with Crippen molar-refractivity contribution in [3.63, 3.8) is 0 Å². The summed E-state index contributed by atoms with van der Waals surface area (Å²) in [4.78, 5) is 2.25. The van der Waals surface area contributed by atoms with Crippen LogP contribution in [0.15, 0.2) is 12.1 Å². The van der Waals surface area contributed by atoms with E-state index in [0.717, 1.165) is 24.2 Å². The van der Waals surface area contributed by atoms with E-state index in [2.05, 4.69) is 50.2 Å². The van der Waals surface area contributed by atoms with Crippen molar-refractivity contribution in [2.75, 3.05) is 23.8 Å². The van der Waals surface area contributed by atoms with Crippen LogP contribution in [0.4, 0.5) is 11.4 Å². The van der Waals surface area contributed by atoms with Gasteiger partial charge < -0.3 is 16.0 Å². The average molecular weight is 251 g/mol. The second-order valence-corrected chi connectivity index (χ2v) is 4.80. The Morgan fingerprint density at radius 3 is 2.53 bits per heavy atom. The first-order valence-electron chi connectivity index (χ1n) is 5.84.